The van der Waals surface area contributed by atoms with Crippen LogP contribution >= 0.6 is 11.3 Å². The van der Waals surface area contributed by atoms with E-state index in [1.807, 2.05) is 17.0 Å². The Hall–Kier alpha value is -2.34. The van der Waals surface area contributed by atoms with Crippen molar-refractivity contribution in [1.29, 1.82) is 0 Å². The summed E-state index contributed by atoms with van der Waals surface area (Å²) in [6.45, 7) is 0.780. The van der Waals surface area contributed by atoms with Crippen molar-refractivity contribution in [2.24, 2.45) is 0 Å². The van der Waals surface area contributed by atoms with E-state index in [1.54, 1.807) is 23.7 Å². The van der Waals surface area contributed by atoms with Gasteiger partial charge in [-0.05, 0) is 47.4 Å². The van der Waals surface area contributed by atoms with E-state index in [0.29, 0.717) is 11.5 Å². The Morgan fingerprint density at radius 2 is 2.41 bits per heavy atom. The van der Waals surface area contributed by atoms with Crippen LogP contribution in [-0.4, -0.2) is 27.5 Å². The number of carbonyl (C=O) groups excluding carboxylic acids is 1. The van der Waals surface area contributed by atoms with Crippen LogP contribution in [0.15, 0.2) is 45.7 Å². The number of thiophene rings is 1. The van der Waals surface area contributed by atoms with Crippen LogP contribution < -0.4 is 0 Å². The fraction of sp³-hybridized carbons (Fsp3) is 0.250. The van der Waals surface area contributed by atoms with Gasteiger partial charge in [0.2, 0.25) is 0 Å². The molecule has 112 valence electrons. The molecule has 1 aliphatic rings. The normalized spacial score (nSPS) is 18.0. The molecular weight excluding hydrogens is 298 g/mol. The zero-order valence-corrected chi connectivity index (χ0v) is 12.7. The Kier molecular flexibility index (Phi) is 3.31. The van der Waals surface area contributed by atoms with E-state index in [-0.39, 0.29) is 11.9 Å². The minimum Gasteiger partial charge on any atom is -0.463 e. The molecule has 3 aromatic heterocycles. The average molecular weight is 313 g/mol. The van der Waals surface area contributed by atoms with Crippen molar-refractivity contribution in [1.82, 2.24) is 15.1 Å². The molecule has 0 saturated carbocycles. The Morgan fingerprint density at radius 3 is 3.18 bits per heavy atom. The van der Waals surface area contributed by atoms with Gasteiger partial charge < -0.3 is 9.32 Å². The van der Waals surface area contributed by atoms with Gasteiger partial charge >= 0.3 is 0 Å². The molecule has 0 bridgehead atoms. The van der Waals surface area contributed by atoms with Gasteiger partial charge in [0.15, 0.2) is 11.5 Å². The SMILES string of the molecule is O=C(c1cc(-c2ccco2)[nH]n1)N1CCCC1c1ccsc1. The van der Waals surface area contributed by atoms with E-state index in [9.17, 15) is 4.79 Å². The second-order valence-corrected chi connectivity index (χ2v) is 6.14. The topological polar surface area (TPSA) is 62.1 Å². The van der Waals surface area contributed by atoms with Crippen molar-refractivity contribution in [3.63, 3.8) is 0 Å². The minimum absolute atomic E-state index is 0.0252. The van der Waals surface area contributed by atoms with E-state index in [2.05, 4.69) is 27.0 Å². The van der Waals surface area contributed by atoms with Crippen LogP contribution in [0.4, 0.5) is 0 Å². The first-order valence-corrected chi connectivity index (χ1v) is 8.19. The van der Waals surface area contributed by atoms with Crippen LogP contribution in [0.3, 0.4) is 0 Å². The number of aromatic nitrogens is 2. The number of furan rings is 1. The molecule has 0 aromatic carbocycles. The van der Waals surface area contributed by atoms with Gasteiger partial charge in [-0.1, -0.05) is 0 Å². The third-order valence-corrected chi connectivity index (χ3v) is 4.73. The summed E-state index contributed by atoms with van der Waals surface area (Å²) in [5.74, 6) is 0.658. The molecule has 3 aromatic rings. The summed E-state index contributed by atoms with van der Waals surface area (Å²) in [5.41, 5.74) is 2.38. The molecule has 1 aliphatic heterocycles. The van der Waals surface area contributed by atoms with Crippen LogP contribution in [0.1, 0.15) is 34.9 Å². The largest absolute Gasteiger partial charge is 0.463 e. The molecule has 6 heteroatoms. The molecule has 4 rings (SSSR count). The lowest BCUT2D eigenvalue weighted by Crippen LogP contribution is -2.30. The lowest BCUT2D eigenvalue weighted by molar-refractivity contribution is 0.0730. The van der Waals surface area contributed by atoms with Crippen LogP contribution in [-0.2, 0) is 0 Å². The molecule has 0 radical (unpaired) electrons. The number of aromatic amines is 1. The second-order valence-electron chi connectivity index (χ2n) is 5.36. The summed E-state index contributed by atoms with van der Waals surface area (Å²) >= 11 is 1.67. The summed E-state index contributed by atoms with van der Waals surface area (Å²) in [6, 6.07) is 7.67. The molecule has 4 heterocycles. The van der Waals surface area contributed by atoms with Gasteiger partial charge in [0.05, 0.1) is 12.3 Å². The van der Waals surface area contributed by atoms with Crippen molar-refractivity contribution in [3.05, 3.63) is 52.5 Å². The highest BCUT2D eigenvalue weighted by atomic mass is 32.1. The zero-order valence-electron chi connectivity index (χ0n) is 11.9. The predicted molar refractivity (Wildman–Crippen MR) is 83.6 cm³/mol. The highest BCUT2D eigenvalue weighted by Gasteiger charge is 2.32. The Morgan fingerprint density at radius 1 is 1.45 bits per heavy atom. The van der Waals surface area contributed by atoms with E-state index < -0.39 is 0 Å². The van der Waals surface area contributed by atoms with Gasteiger partial charge in [0, 0.05) is 12.6 Å². The maximum Gasteiger partial charge on any atom is 0.274 e. The number of H-pyrrole nitrogens is 1. The fourth-order valence-electron chi connectivity index (χ4n) is 2.96. The molecule has 1 N–H and O–H groups in total. The van der Waals surface area contributed by atoms with E-state index >= 15 is 0 Å². The van der Waals surface area contributed by atoms with E-state index in [1.165, 1.54) is 5.56 Å². The van der Waals surface area contributed by atoms with Crippen LogP contribution in [0.25, 0.3) is 11.5 Å². The minimum atomic E-state index is -0.0252. The quantitative estimate of drug-likeness (QED) is 0.802. The number of nitrogens with one attached hydrogen (secondary N) is 1. The van der Waals surface area contributed by atoms with Gasteiger partial charge in [-0.2, -0.15) is 16.4 Å². The lowest BCUT2D eigenvalue weighted by Gasteiger charge is -2.23. The second kappa shape index (κ2) is 5.46. The number of likely N-dealkylation sites (tertiary alicyclic amines) is 1. The molecule has 1 atom stereocenters. The molecule has 0 aliphatic carbocycles. The van der Waals surface area contributed by atoms with Crippen molar-refractivity contribution in [2.45, 2.75) is 18.9 Å². The van der Waals surface area contributed by atoms with Crippen LogP contribution in [0, 0.1) is 0 Å². The maximum atomic E-state index is 12.8. The third-order valence-electron chi connectivity index (χ3n) is 4.03. The third kappa shape index (κ3) is 2.25. The monoisotopic (exact) mass is 313 g/mol. The number of hydrogen-bond donors (Lipinski definition) is 1. The molecule has 1 saturated heterocycles. The lowest BCUT2D eigenvalue weighted by atomic mass is 10.1. The highest BCUT2D eigenvalue weighted by Crippen LogP contribution is 2.34. The molecule has 1 amide bonds. The van der Waals surface area contributed by atoms with Crippen LogP contribution in [0.5, 0.6) is 0 Å². The molecule has 22 heavy (non-hydrogen) atoms. The molecular formula is C16H15N3O2S. The van der Waals surface area contributed by atoms with Crippen molar-refractivity contribution in [2.75, 3.05) is 6.54 Å². The highest BCUT2D eigenvalue weighted by molar-refractivity contribution is 7.07. The molecule has 1 unspecified atom stereocenters. The number of hydrogen-bond acceptors (Lipinski definition) is 4. The fourth-order valence-corrected chi connectivity index (χ4v) is 3.66. The van der Waals surface area contributed by atoms with Crippen molar-refractivity contribution in [3.8, 4) is 11.5 Å². The average Bonchev–Trinajstić information content (AvgIpc) is 3.35. The first kappa shape index (κ1) is 13.3. The van der Waals surface area contributed by atoms with Crippen molar-refractivity contribution >= 4 is 17.2 Å². The molecule has 5 nitrogen and oxygen atoms in total. The molecule has 0 spiro atoms. The summed E-state index contributed by atoms with van der Waals surface area (Å²) in [6.07, 6.45) is 3.64. The van der Waals surface area contributed by atoms with Gasteiger partial charge in [-0.25, -0.2) is 0 Å². The first-order valence-electron chi connectivity index (χ1n) is 7.25. The smallest absolute Gasteiger partial charge is 0.274 e. The summed E-state index contributed by atoms with van der Waals surface area (Å²) in [7, 11) is 0. The Balaban J connectivity index is 1.59. The number of rotatable bonds is 3. The summed E-state index contributed by atoms with van der Waals surface area (Å²) in [5, 5.41) is 11.2. The van der Waals surface area contributed by atoms with Gasteiger partial charge in [-0.3, -0.25) is 9.89 Å². The Bertz CT molecular complexity index is 761. The predicted octanol–water partition coefficient (Wildman–Crippen LogP) is 3.71. The standard InChI is InChI=1S/C16H15N3O2S/c20-16(13-9-12(17-18-13)15-4-2-7-21-15)19-6-1-3-14(19)11-5-8-22-10-11/h2,4-5,7-10,14H,1,3,6H2,(H,17,18). The summed E-state index contributed by atoms with van der Waals surface area (Å²) < 4.78 is 5.32. The van der Waals surface area contributed by atoms with Gasteiger partial charge in [0.1, 0.15) is 5.69 Å². The summed E-state index contributed by atoms with van der Waals surface area (Å²) in [4.78, 5) is 14.7. The van der Waals surface area contributed by atoms with Crippen molar-refractivity contribution < 1.29 is 9.21 Å². The van der Waals surface area contributed by atoms with Crippen LogP contribution in [0.2, 0.25) is 0 Å². The number of carbonyl (C=O) groups is 1. The molecule has 1 fully saturated rings. The van der Waals surface area contributed by atoms with E-state index in [0.717, 1.165) is 25.1 Å². The zero-order chi connectivity index (χ0) is 14.9. The maximum absolute atomic E-state index is 12.8. The van der Waals surface area contributed by atoms with Gasteiger partial charge in [-0.15, -0.1) is 0 Å². The first-order chi connectivity index (χ1) is 10.8. The van der Waals surface area contributed by atoms with E-state index in [4.69, 9.17) is 4.42 Å². The Labute approximate surface area is 131 Å². The number of nitrogens with zero attached hydrogens (tertiary/aromatic N) is 2. The van der Waals surface area contributed by atoms with Gasteiger partial charge in [0.25, 0.3) is 5.91 Å². The number of amides is 1.